The van der Waals surface area contributed by atoms with Gasteiger partial charge in [0.15, 0.2) is 0 Å². The predicted octanol–water partition coefficient (Wildman–Crippen LogP) is 1.50. The quantitative estimate of drug-likeness (QED) is 0.731. The van der Waals surface area contributed by atoms with Crippen LogP contribution in [0.2, 0.25) is 0 Å². The lowest BCUT2D eigenvalue weighted by atomic mass is 10.0. The maximum atomic E-state index is 11.8. The minimum Gasteiger partial charge on any atom is -0.391 e. The van der Waals surface area contributed by atoms with E-state index in [2.05, 4.69) is 4.72 Å². The van der Waals surface area contributed by atoms with Crippen LogP contribution in [0.15, 0.2) is 0 Å². The van der Waals surface area contributed by atoms with E-state index in [1.54, 1.807) is 0 Å². The van der Waals surface area contributed by atoms with E-state index in [0.29, 0.717) is 5.92 Å². The summed E-state index contributed by atoms with van der Waals surface area (Å²) in [6.07, 6.45) is 4.61. The van der Waals surface area contributed by atoms with E-state index in [0.717, 1.165) is 32.1 Å². The molecule has 0 heterocycles. The van der Waals surface area contributed by atoms with Crippen LogP contribution >= 0.6 is 0 Å². The molecule has 0 aromatic rings. The number of hydrogen-bond donors (Lipinski definition) is 2. The van der Waals surface area contributed by atoms with Gasteiger partial charge in [-0.15, -0.1) is 0 Å². The number of nitrogens with one attached hydrogen (secondary N) is 1. The molecule has 1 saturated carbocycles. The van der Waals surface area contributed by atoms with Gasteiger partial charge in [0.25, 0.3) is 0 Å². The van der Waals surface area contributed by atoms with E-state index in [9.17, 15) is 13.5 Å². The first-order valence-corrected chi connectivity index (χ1v) is 8.25. The van der Waals surface area contributed by atoms with Crippen LogP contribution in [0.25, 0.3) is 0 Å². The molecule has 1 aliphatic rings. The van der Waals surface area contributed by atoms with Gasteiger partial charge in [0.05, 0.1) is 11.9 Å². The Morgan fingerprint density at radius 1 is 1.35 bits per heavy atom. The first-order chi connectivity index (χ1) is 7.94. The van der Waals surface area contributed by atoms with Gasteiger partial charge in [-0.1, -0.05) is 33.1 Å². The Morgan fingerprint density at radius 2 is 1.94 bits per heavy atom. The van der Waals surface area contributed by atoms with Gasteiger partial charge in [-0.25, -0.2) is 13.1 Å². The molecule has 0 aromatic heterocycles. The van der Waals surface area contributed by atoms with Crippen molar-refractivity contribution in [1.82, 2.24) is 4.72 Å². The van der Waals surface area contributed by atoms with E-state index in [1.165, 1.54) is 0 Å². The van der Waals surface area contributed by atoms with Crippen LogP contribution in [-0.2, 0) is 10.0 Å². The summed E-state index contributed by atoms with van der Waals surface area (Å²) in [6, 6.07) is 0. The molecule has 1 rings (SSSR count). The van der Waals surface area contributed by atoms with Crippen LogP contribution in [-0.4, -0.2) is 31.9 Å². The average Bonchev–Trinajstić information content (AvgIpc) is 2.76. The molecule has 102 valence electrons. The van der Waals surface area contributed by atoms with Crippen molar-refractivity contribution in [2.75, 3.05) is 12.3 Å². The molecule has 1 aliphatic carbocycles. The van der Waals surface area contributed by atoms with Crippen molar-refractivity contribution >= 4 is 10.0 Å². The van der Waals surface area contributed by atoms with Gasteiger partial charge in [0.1, 0.15) is 0 Å². The van der Waals surface area contributed by atoms with Gasteiger partial charge in [0, 0.05) is 6.54 Å². The van der Waals surface area contributed by atoms with E-state index in [1.807, 2.05) is 13.8 Å². The van der Waals surface area contributed by atoms with E-state index >= 15 is 0 Å². The molecule has 5 heteroatoms. The fourth-order valence-electron chi connectivity index (χ4n) is 2.23. The number of aliphatic hydroxyl groups is 1. The zero-order valence-corrected chi connectivity index (χ0v) is 11.7. The summed E-state index contributed by atoms with van der Waals surface area (Å²) in [7, 11) is -3.21. The van der Waals surface area contributed by atoms with Crippen molar-refractivity contribution in [3.05, 3.63) is 0 Å². The molecular formula is C12H25NO3S. The third-order valence-corrected chi connectivity index (χ3v) is 5.26. The Bertz CT molecular complexity index is 310. The molecule has 0 aromatic carbocycles. The summed E-state index contributed by atoms with van der Waals surface area (Å²) >= 11 is 0. The number of sulfonamides is 1. The normalized spacial score (nSPS) is 21.6. The van der Waals surface area contributed by atoms with Gasteiger partial charge in [-0.3, -0.25) is 0 Å². The fourth-order valence-corrected chi connectivity index (χ4v) is 3.73. The Morgan fingerprint density at radius 3 is 2.47 bits per heavy atom. The largest absolute Gasteiger partial charge is 0.391 e. The summed E-state index contributed by atoms with van der Waals surface area (Å²) in [5, 5.41) is 9.71. The van der Waals surface area contributed by atoms with Crippen molar-refractivity contribution in [3.8, 4) is 0 Å². The smallest absolute Gasteiger partial charge is 0.211 e. The first-order valence-electron chi connectivity index (χ1n) is 6.60. The van der Waals surface area contributed by atoms with E-state index in [-0.39, 0.29) is 18.2 Å². The SMILES string of the molecule is CCC(C)C(O)CNS(=O)(=O)CC1CCCC1. The highest BCUT2D eigenvalue weighted by Gasteiger charge is 2.23. The van der Waals surface area contributed by atoms with Crippen LogP contribution in [0.4, 0.5) is 0 Å². The number of rotatable bonds is 7. The molecule has 2 N–H and O–H groups in total. The topological polar surface area (TPSA) is 66.4 Å². The molecular weight excluding hydrogens is 238 g/mol. The first kappa shape index (κ1) is 14.9. The highest BCUT2D eigenvalue weighted by atomic mass is 32.2. The minimum atomic E-state index is -3.21. The van der Waals surface area contributed by atoms with Crippen LogP contribution in [0.5, 0.6) is 0 Å². The monoisotopic (exact) mass is 263 g/mol. The molecule has 17 heavy (non-hydrogen) atoms. The fraction of sp³-hybridized carbons (Fsp3) is 1.00. The van der Waals surface area contributed by atoms with Crippen LogP contribution in [0.3, 0.4) is 0 Å². The Labute approximate surface area is 105 Å². The van der Waals surface area contributed by atoms with E-state index < -0.39 is 16.1 Å². The van der Waals surface area contributed by atoms with Gasteiger partial charge < -0.3 is 5.11 Å². The molecule has 1 fully saturated rings. The second-order valence-electron chi connectivity index (χ2n) is 5.23. The molecule has 2 atom stereocenters. The molecule has 0 spiro atoms. The highest BCUT2D eigenvalue weighted by molar-refractivity contribution is 7.89. The Hall–Kier alpha value is -0.130. The van der Waals surface area contributed by atoms with Gasteiger partial charge in [0.2, 0.25) is 10.0 Å². The van der Waals surface area contributed by atoms with E-state index in [4.69, 9.17) is 0 Å². The van der Waals surface area contributed by atoms with Gasteiger partial charge >= 0.3 is 0 Å². The molecule has 0 amide bonds. The third-order valence-electron chi connectivity index (χ3n) is 3.74. The maximum absolute atomic E-state index is 11.8. The Kier molecular flexibility index (Phi) is 5.89. The van der Waals surface area contributed by atoms with Crippen LogP contribution in [0, 0.1) is 11.8 Å². The lowest BCUT2D eigenvalue weighted by Crippen LogP contribution is -2.37. The summed E-state index contributed by atoms with van der Waals surface area (Å²) < 4.78 is 26.1. The lowest BCUT2D eigenvalue weighted by Gasteiger charge is -2.18. The van der Waals surface area contributed by atoms with Crippen molar-refractivity contribution in [2.45, 2.75) is 52.1 Å². The summed E-state index contributed by atoms with van der Waals surface area (Å²) in [5.74, 6) is 0.665. The maximum Gasteiger partial charge on any atom is 0.211 e. The lowest BCUT2D eigenvalue weighted by molar-refractivity contribution is 0.118. The molecule has 4 nitrogen and oxygen atoms in total. The number of aliphatic hydroxyl groups excluding tert-OH is 1. The van der Waals surface area contributed by atoms with Crippen molar-refractivity contribution in [1.29, 1.82) is 0 Å². The molecule has 2 unspecified atom stereocenters. The molecule has 0 radical (unpaired) electrons. The van der Waals surface area contributed by atoms with Crippen molar-refractivity contribution in [2.24, 2.45) is 11.8 Å². The van der Waals surface area contributed by atoms with Crippen molar-refractivity contribution in [3.63, 3.8) is 0 Å². The summed E-state index contributed by atoms with van der Waals surface area (Å²) in [4.78, 5) is 0. The predicted molar refractivity (Wildman–Crippen MR) is 69.2 cm³/mol. The second kappa shape index (κ2) is 6.71. The standard InChI is InChI=1S/C12H25NO3S/c1-3-10(2)12(14)8-13-17(15,16)9-11-6-4-5-7-11/h10-14H,3-9H2,1-2H3. The zero-order valence-electron chi connectivity index (χ0n) is 10.9. The average molecular weight is 263 g/mol. The molecule has 0 saturated heterocycles. The zero-order chi connectivity index (χ0) is 12.9. The second-order valence-corrected chi connectivity index (χ2v) is 7.08. The minimum absolute atomic E-state index is 0.129. The van der Waals surface area contributed by atoms with Crippen molar-refractivity contribution < 1.29 is 13.5 Å². The van der Waals surface area contributed by atoms with Gasteiger partial charge in [-0.2, -0.15) is 0 Å². The van der Waals surface area contributed by atoms with Gasteiger partial charge in [-0.05, 0) is 24.7 Å². The molecule has 0 bridgehead atoms. The molecule has 0 aliphatic heterocycles. The highest BCUT2D eigenvalue weighted by Crippen LogP contribution is 2.25. The third kappa shape index (κ3) is 5.36. The summed E-state index contributed by atoms with van der Waals surface area (Å²) in [5.41, 5.74) is 0. The Balaban J connectivity index is 2.33. The van der Waals surface area contributed by atoms with Crippen LogP contribution in [0.1, 0.15) is 46.0 Å². The summed E-state index contributed by atoms with van der Waals surface area (Å²) in [6.45, 7) is 4.06. The number of hydrogen-bond acceptors (Lipinski definition) is 3. The van der Waals surface area contributed by atoms with Crippen LogP contribution < -0.4 is 4.72 Å².